The molecule has 0 atom stereocenters. The highest BCUT2D eigenvalue weighted by Crippen LogP contribution is 2.39. The van der Waals surface area contributed by atoms with Crippen LogP contribution in [-0.2, 0) is 6.61 Å². The van der Waals surface area contributed by atoms with Crippen molar-refractivity contribution in [1.29, 1.82) is 0 Å². The predicted octanol–water partition coefficient (Wildman–Crippen LogP) is 6.27. The van der Waals surface area contributed by atoms with Crippen LogP contribution in [0.2, 0.25) is 0 Å². The van der Waals surface area contributed by atoms with Crippen LogP contribution in [-0.4, -0.2) is 22.6 Å². The van der Waals surface area contributed by atoms with Crippen LogP contribution in [0.5, 0.6) is 5.75 Å². The van der Waals surface area contributed by atoms with Gasteiger partial charge in [-0.1, -0.05) is 19.1 Å². The molecular formula is C23H26N2O3S2. The number of hydrogen-bond acceptors (Lipinski definition) is 6. The Morgan fingerprint density at radius 3 is 2.47 bits per heavy atom. The van der Waals surface area contributed by atoms with Crippen molar-refractivity contribution in [3.05, 3.63) is 69.7 Å². The van der Waals surface area contributed by atoms with E-state index in [1.165, 1.54) is 11.1 Å². The molecule has 0 aliphatic carbocycles. The van der Waals surface area contributed by atoms with E-state index in [0.29, 0.717) is 6.61 Å². The van der Waals surface area contributed by atoms with E-state index in [1.807, 2.05) is 6.92 Å². The van der Waals surface area contributed by atoms with E-state index in [1.54, 1.807) is 47.6 Å². The first kappa shape index (κ1) is 22.2. The van der Waals surface area contributed by atoms with Crippen molar-refractivity contribution in [2.45, 2.75) is 45.1 Å². The summed E-state index contributed by atoms with van der Waals surface area (Å²) in [6.45, 7) is 9.59. The molecule has 3 rings (SSSR count). The first-order valence-electron chi connectivity index (χ1n) is 9.81. The minimum Gasteiger partial charge on any atom is -0.487 e. The smallest absolute Gasteiger partial charge is 0.335 e. The third-order valence-electron chi connectivity index (χ3n) is 4.65. The lowest BCUT2D eigenvalue weighted by atomic mass is 10.1. The minimum absolute atomic E-state index is 0.273. The molecule has 0 aliphatic heterocycles. The van der Waals surface area contributed by atoms with Crippen LogP contribution in [0.3, 0.4) is 0 Å². The van der Waals surface area contributed by atoms with Gasteiger partial charge in [0.25, 0.3) is 0 Å². The van der Waals surface area contributed by atoms with Crippen molar-refractivity contribution in [2.24, 2.45) is 0 Å². The fourth-order valence-corrected chi connectivity index (χ4v) is 4.87. The number of anilines is 1. The van der Waals surface area contributed by atoms with E-state index in [2.05, 4.69) is 47.6 Å². The van der Waals surface area contributed by atoms with Crippen molar-refractivity contribution >= 4 is 34.9 Å². The Balaban J connectivity index is 1.85. The number of aryl methyl sites for hydroxylation is 3. The van der Waals surface area contributed by atoms with Gasteiger partial charge in [0.05, 0.1) is 11.3 Å². The Morgan fingerprint density at radius 1 is 1.17 bits per heavy atom. The van der Waals surface area contributed by atoms with Gasteiger partial charge in [-0.15, -0.1) is 11.3 Å². The first-order chi connectivity index (χ1) is 14.4. The lowest BCUT2D eigenvalue weighted by Gasteiger charge is -2.25. The van der Waals surface area contributed by atoms with Crippen LogP contribution in [0.25, 0.3) is 0 Å². The van der Waals surface area contributed by atoms with Gasteiger partial charge in [0, 0.05) is 29.6 Å². The molecular weight excluding hydrogens is 416 g/mol. The van der Waals surface area contributed by atoms with Gasteiger partial charge >= 0.3 is 5.97 Å². The molecule has 0 saturated carbocycles. The number of hydrogen-bond donors (Lipinski definition) is 1. The number of carboxylic acid groups (broad SMARTS) is 1. The largest absolute Gasteiger partial charge is 0.487 e. The summed E-state index contributed by atoms with van der Waals surface area (Å²) in [6.07, 6.45) is 1.00. The second-order valence-electron chi connectivity index (χ2n) is 7.14. The molecule has 0 fully saturated rings. The Bertz CT molecular complexity index is 1020. The molecule has 0 spiro atoms. The third-order valence-corrected chi connectivity index (χ3v) is 6.76. The molecule has 0 amide bonds. The van der Waals surface area contributed by atoms with Crippen molar-refractivity contribution < 1.29 is 14.6 Å². The van der Waals surface area contributed by atoms with Gasteiger partial charge in [-0.2, -0.15) is 0 Å². The molecule has 5 nitrogen and oxygen atoms in total. The number of carbonyl (C=O) groups is 1. The fourth-order valence-electron chi connectivity index (χ4n) is 2.88. The van der Waals surface area contributed by atoms with E-state index in [4.69, 9.17) is 9.84 Å². The fraction of sp³-hybridized carbons (Fsp3) is 0.304. The lowest BCUT2D eigenvalue weighted by molar-refractivity contribution is 0.0697. The molecule has 0 unspecified atom stereocenters. The molecule has 1 aromatic heterocycles. The third kappa shape index (κ3) is 5.55. The standard InChI is InChI=1S/C23H26N2O3S2/c1-5-10-25(30-23-24-17(4)14-29-23)20-11-15(2)16(3)12-21(20)28-13-18-6-8-19(9-7-18)22(26)27/h6-9,11-12,14H,5,10,13H2,1-4H3,(H,26,27). The molecule has 1 N–H and O–H groups in total. The number of carboxylic acids is 1. The molecule has 3 aromatic rings. The normalized spacial score (nSPS) is 10.8. The van der Waals surface area contributed by atoms with Crippen LogP contribution >= 0.6 is 23.3 Å². The maximum Gasteiger partial charge on any atom is 0.335 e. The lowest BCUT2D eigenvalue weighted by Crippen LogP contribution is -2.17. The maximum absolute atomic E-state index is 11.1. The molecule has 30 heavy (non-hydrogen) atoms. The summed E-state index contributed by atoms with van der Waals surface area (Å²) in [6, 6.07) is 11.0. The first-order valence-corrected chi connectivity index (χ1v) is 11.5. The quantitative estimate of drug-likeness (QED) is 0.394. The van der Waals surface area contributed by atoms with Crippen LogP contribution in [0.15, 0.2) is 46.1 Å². The summed E-state index contributed by atoms with van der Waals surface area (Å²) >= 11 is 3.29. The van der Waals surface area contributed by atoms with Gasteiger partial charge in [-0.25, -0.2) is 9.78 Å². The van der Waals surface area contributed by atoms with Gasteiger partial charge < -0.3 is 14.1 Å². The van der Waals surface area contributed by atoms with Gasteiger partial charge in [0.1, 0.15) is 12.4 Å². The predicted molar refractivity (Wildman–Crippen MR) is 124 cm³/mol. The van der Waals surface area contributed by atoms with Gasteiger partial charge in [0.2, 0.25) is 0 Å². The highest BCUT2D eigenvalue weighted by Gasteiger charge is 2.17. The van der Waals surface area contributed by atoms with Crippen molar-refractivity contribution in [3.63, 3.8) is 0 Å². The van der Waals surface area contributed by atoms with Crippen molar-refractivity contribution in [1.82, 2.24) is 4.98 Å². The van der Waals surface area contributed by atoms with Crippen LogP contribution in [0.1, 0.15) is 46.1 Å². The number of thiazole rings is 1. The highest BCUT2D eigenvalue weighted by molar-refractivity contribution is 8.02. The van der Waals surface area contributed by atoms with Crippen LogP contribution in [0.4, 0.5) is 5.69 Å². The monoisotopic (exact) mass is 442 g/mol. The Morgan fingerprint density at radius 2 is 1.87 bits per heavy atom. The molecule has 7 heteroatoms. The van der Waals surface area contributed by atoms with Crippen molar-refractivity contribution in [3.8, 4) is 5.75 Å². The molecule has 2 aromatic carbocycles. The van der Waals surface area contributed by atoms with E-state index in [9.17, 15) is 4.79 Å². The number of aromatic carboxylic acids is 1. The van der Waals surface area contributed by atoms with E-state index in [0.717, 1.165) is 40.0 Å². The molecule has 0 saturated heterocycles. The average Bonchev–Trinajstić information content (AvgIpc) is 3.13. The zero-order chi connectivity index (χ0) is 21.7. The van der Waals surface area contributed by atoms with Crippen molar-refractivity contribution in [2.75, 3.05) is 10.8 Å². The summed E-state index contributed by atoms with van der Waals surface area (Å²) in [5.74, 6) is -0.113. The number of rotatable bonds is 9. The van der Waals surface area contributed by atoms with E-state index < -0.39 is 5.97 Å². The second-order valence-corrected chi connectivity index (χ2v) is 9.27. The van der Waals surface area contributed by atoms with E-state index in [-0.39, 0.29) is 5.56 Å². The Kier molecular flexibility index (Phi) is 7.39. The zero-order valence-electron chi connectivity index (χ0n) is 17.6. The minimum atomic E-state index is -0.927. The second kappa shape index (κ2) is 10.00. The summed E-state index contributed by atoms with van der Waals surface area (Å²) < 4.78 is 9.46. The summed E-state index contributed by atoms with van der Waals surface area (Å²) in [5, 5.41) is 11.1. The molecule has 1 heterocycles. The molecule has 0 bridgehead atoms. The summed E-state index contributed by atoms with van der Waals surface area (Å²) in [5.41, 5.74) is 5.63. The molecule has 158 valence electrons. The zero-order valence-corrected chi connectivity index (χ0v) is 19.3. The van der Waals surface area contributed by atoms with E-state index >= 15 is 0 Å². The highest BCUT2D eigenvalue weighted by atomic mass is 32.2. The van der Waals surface area contributed by atoms with Crippen LogP contribution in [0, 0.1) is 20.8 Å². The number of nitrogens with zero attached hydrogens (tertiary/aromatic N) is 2. The average molecular weight is 443 g/mol. The van der Waals surface area contributed by atoms with Crippen LogP contribution < -0.4 is 9.04 Å². The number of benzene rings is 2. The summed E-state index contributed by atoms with van der Waals surface area (Å²) in [7, 11) is 0. The Labute approximate surface area is 185 Å². The van der Waals surface area contributed by atoms with Gasteiger partial charge in [-0.05, 0) is 68.1 Å². The number of aromatic nitrogens is 1. The molecule has 0 aliphatic rings. The molecule has 0 radical (unpaired) electrons. The Hall–Kier alpha value is -2.51. The number of ether oxygens (including phenoxy) is 1. The van der Waals surface area contributed by atoms with Gasteiger partial charge in [0.15, 0.2) is 4.34 Å². The maximum atomic E-state index is 11.1. The SMILES string of the molecule is CCCN(Sc1nc(C)cs1)c1cc(C)c(C)cc1OCc1ccc(C(=O)O)cc1. The summed E-state index contributed by atoms with van der Waals surface area (Å²) in [4.78, 5) is 15.6. The topological polar surface area (TPSA) is 62.7 Å². The van der Waals surface area contributed by atoms with Gasteiger partial charge in [-0.3, -0.25) is 0 Å².